The Morgan fingerprint density at radius 1 is 1.50 bits per heavy atom. The molecule has 0 atom stereocenters. The van der Waals surface area contributed by atoms with Crippen molar-refractivity contribution in [2.24, 2.45) is 0 Å². The van der Waals surface area contributed by atoms with Gasteiger partial charge in [0.2, 0.25) is 0 Å². The lowest BCUT2D eigenvalue weighted by molar-refractivity contribution is 0.818. The minimum Gasteiger partial charge on any atom is -0.319 e. The molecule has 0 aromatic carbocycles. The summed E-state index contributed by atoms with van der Waals surface area (Å²) in [6.45, 7) is 2.82. The smallest absolute Gasteiger partial charge is 0.129 e. The Balaban J connectivity index is 2.70. The maximum Gasteiger partial charge on any atom is 0.129 e. The van der Waals surface area contributed by atoms with E-state index in [9.17, 15) is 0 Å². The zero-order chi connectivity index (χ0) is 10.4. The van der Waals surface area contributed by atoms with Gasteiger partial charge in [0.1, 0.15) is 5.15 Å². The standard InChI is InChI=1S/C11H13ClN2/c1-9-10(5-3-4-8-13-2)6-7-11(12)14-9/h6-7,13H,4,8H2,1-2H3. The molecular weight excluding hydrogens is 196 g/mol. The van der Waals surface area contributed by atoms with E-state index in [-0.39, 0.29) is 0 Å². The third kappa shape index (κ3) is 3.37. The van der Waals surface area contributed by atoms with Gasteiger partial charge in [-0.15, -0.1) is 0 Å². The Kier molecular flexibility index (Phi) is 4.45. The summed E-state index contributed by atoms with van der Waals surface area (Å²) in [5.74, 6) is 6.13. The van der Waals surface area contributed by atoms with Crippen LogP contribution in [0, 0.1) is 18.8 Å². The number of pyridine rings is 1. The van der Waals surface area contributed by atoms with Crippen molar-refractivity contribution in [3.63, 3.8) is 0 Å². The topological polar surface area (TPSA) is 24.9 Å². The summed E-state index contributed by atoms with van der Waals surface area (Å²) in [6.07, 6.45) is 0.846. The van der Waals surface area contributed by atoms with Crippen LogP contribution in [0.3, 0.4) is 0 Å². The van der Waals surface area contributed by atoms with Crippen molar-refractivity contribution in [2.45, 2.75) is 13.3 Å². The Labute approximate surface area is 89.7 Å². The molecule has 1 rings (SSSR count). The highest BCUT2D eigenvalue weighted by Crippen LogP contribution is 2.09. The van der Waals surface area contributed by atoms with Crippen LogP contribution in [0.4, 0.5) is 0 Å². The summed E-state index contributed by atoms with van der Waals surface area (Å²) in [7, 11) is 1.91. The van der Waals surface area contributed by atoms with Gasteiger partial charge in [-0.3, -0.25) is 0 Å². The van der Waals surface area contributed by atoms with Crippen LogP contribution in [0.5, 0.6) is 0 Å². The predicted molar refractivity (Wildman–Crippen MR) is 59.4 cm³/mol. The van der Waals surface area contributed by atoms with Crippen LogP contribution in [0.25, 0.3) is 0 Å². The molecule has 74 valence electrons. The average molecular weight is 209 g/mol. The summed E-state index contributed by atoms with van der Waals surface area (Å²) in [4.78, 5) is 4.12. The van der Waals surface area contributed by atoms with E-state index in [0.717, 1.165) is 24.2 Å². The Morgan fingerprint density at radius 3 is 2.93 bits per heavy atom. The molecule has 1 N–H and O–H groups in total. The number of hydrogen-bond donors (Lipinski definition) is 1. The molecule has 2 nitrogen and oxygen atoms in total. The van der Waals surface area contributed by atoms with Gasteiger partial charge in [0, 0.05) is 18.5 Å². The van der Waals surface area contributed by atoms with Crippen molar-refractivity contribution in [3.8, 4) is 11.8 Å². The van der Waals surface area contributed by atoms with Crippen molar-refractivity contribution >= 4 is 11.6 Å². The third-order valence-corrected chi connectivity index (χ3v) is 1.99. The highest BCUT2D eigenvalue weighted by Gasteiger charge is 1.95. The number of nitrogens with zero attached hydrogens (tertiary/aromatic N) is 1. The normalized spacial score (nSPS) is 9.36. The molecule has 0 unspecified atom stereocenters. The van der Waals surface area contributed by atoms with E-state index in [0.29, 0.717) is 5.15 Å². The van der Waals surface area contributed by atoms with Crippen LogP contribution >= 0.6 is 11.6 Å². The molecule has 0 saturated carbocycles. The molecule has 14 heavy (non-hydrogen) atoms. The lowest BCUT2D eigenvalue weighted by Gasteiger charge is -1.96. The molecule has 0 spiro atoms. The van der Waals surface area contributed by atoms with Gasteiger partial charge in [0.15, 0.2) is 0 Å². The molecule has 0 aliphatic heterocycles. The molecular formula is C11H13ClN2. The first-order valence-corrected chi connectivity index (χ1v) is 4.88. The molecule has 1 aromatic heterocycles. The first-order valence-electron chi connectivity index (χ1n) is 4.50. The van der Waals surface area contributed by atoms with Crippen LogP contribution < -0.4 is 5.32 Å². The fourth-order valence-electron chi connectivity index (χ4n) is 1.01. The van der Waals surface area contributed by atoms with Gasteiger partial charge in [0.05, 0.1) is 5.69 Å². The number of halogens is 1. The SMILES string of the molecule is CNCCC#Cc1ccc(Cl)nc1C. The molecule has 1 aromatic rings. The Bertz CT molecular complexity index is 363. The van der Waals surface area contributed by atoms with Gasteiger partial charge in [-0.05, 0) is 26.1 Å². The molecule has 0 bridgehead atoms. The molecule has 0 radical (unpaired) electrons. The van der Waals surface area contributed by atoms with Crippen LogP contribution in [-0.4, -0.2) is 18.6 Å². The Morgan fingerprint density at radius 2 is 2.29 bits per heavy atom. The Hall–Kier alpha value is -1.04. The van der Waals surface area contributed by atoms with Crippen molar-refractivity contribution in [3.05, 3.63) is 28.5 Å². The van der Waals surface area contributed by atoms with E-state index >= 15 is 0 Å². The van der Waals surface area contributed by atoms with Crippen molar-refractivity contribution < 1.29 is 0 Å². The predicted octanol–water partition coefficient (Wildman–Crippen LogP) is 2.00. The lowest BCUT2D eigenvalue weighted by atomic mass is 10.2. The van der Waals surface area contributed by atoms with Crippen molar-refractivity contribution in [1.29, 1.82) is 0 Å². The molecule has 1 heterocycles. The maximum atomic E-state index is 5.73. The number of hydrogen-bond acceptors (Lipinski definition) is 2. The van der Waals surface area contributed by atoms with E-state index in [4.69, 9.17) is 11.6 Å². The van der Waals surface area contributed by atoms with Crippen LogP contribution in [0.2, 0.25) is 5.15 Å². The van der Waals surface area contributed by atoms with Gasteiger partial charge in [-0.25, -0.2) is 4.98 Å². The second-order valence-corrected chi connectivity index (χ2v) is 3.31. The van der Waals surface area contributed by atoms with E-state index in [1.807, 2.05) is 20.0 Å². The summed E-state index contributed by atoms with van der Waals surface area (Å²) < 4.78 is 0. The molecule has 0 fully saturated rings. The zero-order valence-electron chi connectivity index (χ0n) is 8.39. The average Bonchev–Trinajstić information content (AvgIpc) is 2.15. The quantitative estimate of drug-likeness (QED) is 0.457. The van der Waals surface area contributed by atoms with E-state index in [1.165, 1.54) is 0 Å². The third-order valence-electron chi connectivity index (χ3n) is 1.77. The number of aromatic nitrogens is 1. The monoisotopic (exact) mass is 208 g/mol. The van der Waals surface area contributed by atoms with Crippen molar-refractivity contribution in [1.82, 2.24) is 10.3 Å². The summed E-state index contributed by atoms with van der Waals surface area (Å²) in [5.41, 5.74) is 1.83. The zero-order valence-corrected chi connectivity index (χ0v) is 9.15. The fourth-order valence-corrected chi connectivity index (χ4v) is 1.20. The minimum atomic E-state index is 0.517. The van der Waals surface area contributed by atoms with Crippen LogP contribution in [-0.2, 0) is 0 Å². The number of rotatable bonds is 2. The highest BCUT2D eigenvalue weighted by molar-refractivity contribution is 6.29. The number of aryl methyl sites for hydroxylation is 1. The van der Waals surface area contributed by atoms with Crippen molar-refractivity contribution in [2.75, 3.05) is 13.6 Å². The van der Waals surface area contributed by atoms with E-state index in [1.54, 1.807) is 6.07 Å². The highest BCUT2D eigenvalue weighted by atomic mass is 35.5. The first-order chi connectivity index (χ1) is 6.74. The summed E-state index contributed by atoms with van der Waals surface area (Å²) in [5, 5.41) is 3.56. The van der Waals surface area contributed by atoms with Crippen LogP contribution in [0.15, 0.2) is 12.1 Å². The fraction of sp³-hybridized carbons (Fsp3) is 0.364. The van der Waals surface area contributed by atoms with Gasteiger partial charge in [-0.1, -0.05) is 23.4 Å². The summed E-state index contributed by atoms with van der Waals surface area (Å²) in [6, 6.07) is 3.66. The second-order valence-electron chi connectivity index (χ2n) is 2.92. The maximum absolute atomic E-state index is 5.73. The molecule has 0 aliphatic carbocycles. The van der Waals surface area contributed by atoms with Gasteiger partial charge in [-0.2, -0.15) is 0 Å². The second kappa shape index (κ2) is 5.64. The van der Waals surface area contributed by atoms with Crippen LogP contribution in [0.1, 0.15) is 17.7 Å². The van der Waals surface area contributed by atoms with Gasteiger partial charge in [0.25, 0.3) is 0 Å². The lowest BCUT2D eigenvalue weighted by Crippen LogP contribution is -2.05. The minimum absolute atomic E-state index is 0.517. The molecule has 0 aliphatic rings. The van der Waals surface area contributed by atoms with E-state index < -0.39 is 0 Å². The van der Waals surface area contributed by atoms with Gasteiger partial charge < -0.3 is 5.32 Å². The first kappa shape index (κ1) is 11.0. The molecule has 0 amide bonds. The number of nitrogens with one attached hydrogen (secondary N) is 1. The summed E-state index contributed by atoms with van der Waals surface area (Å²) >= 11 is 5.73. The van der Waals surface area contributed by atoms with E-state index in [2.05, 4.69) is 22.1 Å². The molecule has 0 saturated heterocycles. The molecule has 3 heteroatoms. The largest absolute Gasteiger partial charge is 0.319 e. The van der Waals surface area contributed by atoms with Gasteiger partial charge >= 0.3 is 0 Å².